The van der Waals surface area contributed by atoms with E-state index >= 15 is 0 Å². The minimum atomic E-state index is -0.271. The molecule has 326 valence electrons. The predicted octanol–water partition coefficient (Wildman–Crippen LogP) is 17.2. The highest BCUT2D eigenvalue weighted by atomic mass is 15.0. The Bertz CT molecular complexity index is 4490. The molecule has 0 N–H and O–H groups in total. The summed E-state index contributed by atoms with van der Waals surface area (Å²) >= 11 is 0. The van der Waals surface area contributed by atoms with E-state index in [1.165, 1.54) is 103 Å². The highest BCUT2D eigenvalue weighted by Crippen LogP contribution is 2.54. The van der Waals surface area contributed by atoms with Gasteiger partial charge in [0.05, 0.1) is 11.0 Å². The van der Waals surface area contributed by atoms with E-state index < -0.39 is 0 Å². The summed E-state index contributed by atoms with van der Waals surface area (Å²) in [5, 5.41) is 17.8. The molecule has 2 heterocycles. The lowest BCUT2D eigenvalue weighted by Gasteiger charge is -2.23. The topological polar surface area (TPSA) is 43.6 Å². The van der Waals surface area contributed by atoms with Gasteiger partial charge in [-0.2, -0.15) is 0 Å². The largest absolute Gasteiger partial charge is 0.309 e. The van der Waals surface area contributed by atoms with Crippen LogP contribution < -0.4 is 0 Å². The smallest absolute Gasteiger partial charge is 0.164 e. The number of benzene rings is 12. The van der Waals surface area contributed by atoms with Crippen molar-refractivity contribution in [2.45, 2.75) is 19.3 Å². The summed E-state index contributed by atoms with van der Waals surface area (Å²) in [6.45, 7) is 4.82. The van der Waals surface area contributed by atoms with Crippen molar-refractivity contribution in [2.75, 3.05) is 0 Å². The van der Waals surface area contributed by atoms with Crippen LogP contribution in [0.25, 0.3) is 137 Å². The molecule has 0 unspecified atom stereocenters. The number of hydrogen-bond acceptors (Lipinski definition) is 3. The molecular weight excluding hydrogens is 849 g/mol. The van der Waals surface area contributed by atoms with Crippen molar-refractivity contribution in [3.8, 4) is 51.0 Å². The van der Waals surface area contributed by atoms with Crippen molar-refractivity contribution in [1.82, 2.24) is 19.5 Å². The van der Waals surface area contributed by atoms with Gasteiger partial charge in [0.2, 0.25) is 0 Å². The number of aromatic nitrogens is 4. The Hall–Kier alpha value is -8.99. The molecule has 14 aromatic rings. The first-order valence-electron chi connectivity index (χ1n) is 24.2. The molecule has 0 fully saturated rings. The molecule has 0 atom stereocenters. The van der Waals surface area contributed by atoms with Crippen molar-refractivity contribution in [3.05, 3.63) is 230 Å². The van der Waals surface area contributed by atoms with Crippen LogP contribution >= 0.6 is 0 Å². The molecule has 0 spiro atoms. The van der Waals surface area contributed by atoms with Gasteiger partial charge in [-0.1, -0.05) is 184 Å². The summed E-state index contributed by atoms with van der Waals surface area (Å²) in [4.78, 5) is 15.4. The number of fused-ring (bicyclic) bond motifs is 18. The van der Waals surface area contributed by atoms with Gasteiger partial charge < -0.3 is 4.57 Å². The molecule has 2 aromatic heterocycles. The van der Waals surface area contributed by atoms with Gasteiger partial charge in [0.1, 0.15) is 0 Å². The maximum atomic E-state index is 5.17. The van der Waals surface area contributed by atoms with Crippen LogP contribution in [0.2, 0.25) is 0 Å². The zero-order valence-electron chi connectivity index (χ0n) is 38.6. The molecular formula is C66H42N4. The first kappa shape index (κ1) is 39.0. The molecule has 0 amide bonds. The summed E-state index contributed by atoms with van der Waals surface area (Å²) in [6.07, 6.45) is 0. The minimum Gasteiger partial charge on any atom is -0.309 e. The zero-order valence-corrected chi connectivity index (χ0v) is 38.6. The van der Waals surface area contributed by atoms with Crippen LogP contribution in [0.5, 0.6) is 0 Å². The molecule has 0 aliphatic heterocycles. The molecule has 4 nitrogen and oxygen atoms in total. The standard InChI is InChI=1S/C66H42N4/c1-66(2)59-36-53-49-30-15-11-26-45(49)43-24-9-13-28-47(43)51(53)33-55(59)56-35-58-57-34-52-48-29-14-10-25-44(48)46-27-12-16-31-50(46)54(52)37-61(57)70(62(58)38-60(56)66)42-23-17-22-41(32-42)65-68-63(39-18-5-3-6-19-39)67-64(69-65)40-20-7-4-8-21-40/h3-38H,1-2H3. The van der Waals surface area contributed by atoms with E-state index in [1.54, 1.807) is 0 Å². The number of rotatable bonds is 4. The van der Waals surface area contributed by atoms with E-state index in [1.807, 2.05) is 36.4 Å². The van der Waals surface area contributed by atoms with Crippen LogP contribution in [0.15, 0.2) is 218 Å². The molecule has 15 rings (SSSR count). The van der Waals surface area contributed by atoms with Crippen molar-refractivity contribution in [2.24, 2.45) is 0 Å². The molecule has 0 radical (unpaired) electrons. The second-order valence-corrected chi connectivity index (χ2v) is 19.5. The normalized spacial score (nSPS) is 13.1. The Morgan fingerprint density at radius 3 is 1.16 bits per heavy atom. The van der Waals surface area contributed by atoms with E-state index in [0.717, 1.165) is 27.9 Å². The summed E-state index contributed by atoms with van der Waals surface area (Å²) in [5.74, 6) is 1.91. The Morgan fingerprint density at radius 1 is 0.286 bits per heavy atom. The van der Waals surface area contributed by atoms with Crippen molar-refractivity contribution in [1.29, 1.82) is 0 Å². The molecule has 70 heavy (non-hydrogen) atoms. The lowest BCUT2D eigenvalue weighted by Crippen LogP contribution is -2.15. The van der Waals surface area contributed by atoms with E-state index in [2.05, 4.69) is 200 Å². The first-order valence-corrected chi connectivity index (χ1v) is 24.2. The van der Waals surface area contributed by atoms with Crippen molar-refractivity contribution < 1.29 is 0 Å². The van der Waals surface area contributed by atoms with Gasteiger partial charge in [-0.05, 0) is 135 Å². The maximum Gasteiger partial charge on any atom is 0.164 e. The second kappa shape index (κ2) is 14.5. The van der Waals surface area contributed by atoms with Crippen molar-refractivity contribution >= 4 is 86.4 Å². The van der Waals surface area contributed by atoms with E-state index in [0.29, 0.717) is 17.5 Å². The van der Waals surface area contributed by atoms with Gasteiger partial charge in [0.15, 0.2) is 17.5 Å². The Kier molecular flexibility index (Phi) is 8.09. The monoisotopic (exact) mass is 890 g/mol. The second-order valence-electron chi connectivity index (χ2n) is 19.5. The third-order valence-corrected chi connectivity index (χ3v) is 15.3. The van der Waals surface area contributed by atoms with Gasteiger partial charge in [-0.15, -0.1) is 0 Å². The zero-order chi connectivity index (χ0) is 46.2. The maximum absolute atomic E-state index is 5.17. The van der Waals surface area contributed by atoms with E-state index in [9.17, 15) is 0 Å². The van der Waals surface area contributed by atoms with Crippen LogP contribution in [0.3, 0.4) is 0 Å². The fourth-order valence-electron chi connectivity index (χ4n) is 12.0. The summed E-state index contributed by atoms with van der Waals surface area (Å²) in [6, 6.07) is 79.7. The molecule has 0 bridgehead atoms. The fourth-order valence-corrected chi connectivity index (χ4v) is 12.0. The number of nitrogens with zero attached hydrogens (tertiary/aromatic N) is 4. The van der Waals surface area contributed by atoms with Gasteiger partial charge >= 0.3 is 0 Å². The molecule has 4 heteroatoms. The molecule has 1 aliphatic rings. The lowest BCUT2D eigenvalue weighted by atomic mass is 9.81. The highest BCUT2D eigenvalue weighted by molar-refractivity contribution is 6.30. The molecule has 12 aromatic carbocycles. The average molecular weight is 891 g/mol. The van der Waals surface area contributed by atoms with Gasteiger partial charge in [-0.25, -0.2) is 15.0 Å². The summed E-state index contributed by atoms with van der Waals surface area (Å²) in [7, 11) is 0. The summed E-state index contributed by atoms with van der Waals surface area (Å²) in [5.41, 5.74) is 11.2. The predicted molar refractivity (Wildman–Crippen MR) is 293 cm³/mol. The van der Waals surface area contributed by atoms with Crippen LogP contribution in [0.4, 0.5) is 0 Å². The van der Waals surface area contributed by atoms with Crippen LogP contribution in [0, 0.1) is 0 Å². The Balaban J connectivity index is 1.03. The fraction of sp³-hybridized carbons (Fsp3) is 0.0455. The van der Waals surface area contributed by atoms with Crippen LogP contribution in [-0.2, 0) is 5.41 Å². The summed E-state index contributed by atoms with van der Waals surface area (Å²) < 4.78 is 2.49. The van der Waals surface area contributed by atoms with E-state index in [4.69, 9.17) is 15.0 Å². The quantitative estimate of drug-likeness (QED) is 0.165. The van der Waals surface area contributed by atoms with Crippen LogP contribution in [-0.4, -0.2) is 19.5 Å². The third-order valence-electron chi connectivity index (χ3n) is 15.3. The molecule has 1 aliphatic carbocycles. The van der Waals surface area contributed by atoms with Crippen molar-refractivity contribution in [3.63, 3.8) is 0 Å². The lowest BCUT2D eigenvalue weighted by molar-refractivity contribution is 0.662. The van der Waals surface area contributed by atoms with E-state index in [-0.39, 0.29) is 5.41 Å². The Morgan fingerprint density at radius 2 is 0.643 bits per heavy atom. The first-order chi connectivity index (χ1) is 34.5. The third kappa shape index (κ3) is 5.56. The van der Waals surface area contributed by atoms with Crippen LogP contribution in [0.1, 0.15) is 25.0 Å². The van der Waals surface area contributed by atoms with Gasteiger partial charge in [-0.3, -0.25) is 0 Å². The Labute approximate surface area is 403 Å². The molecule has 0 saturated heterocycles. The minimum absolute atomic E-state index is 0.271. The SMILES string of the molecule is CC1(C)c2cc3c4ccccc4c4ccccc4c3cc2-c2cc3c4cc5c6ccccc6c6ccccc6c5cc4n(-c4cccc(-c5nc(-c6ccccc6)nc(-c6ccccc6)n5)c4)c3cc21. The van der Waals surface area contributed by atoms with Gasteiger partial charge in [0, 0.05) is 38.6 Å². The highest BCUT2D eigenvalue weighted by Gasteiger charge is 2.37. The average Bonchev–Trinajstić information content (AvgIpc) is 3.86. The number of hydrogen-bond donors (Lipinski definition) is 0. The van der Waals surface area contributed by atoms with Gasteiger partial charge in [0.25, 0.3) is 0 Å². The molecule has 0 saturated carbocycles.